The van der Waals surface area contributed by atoms with Gasteiger partial charge in [-0.3, -0.25) is 4.90 Å². The van der Waals surface area contributed by atoms with Crippen molar-refractivity contribution in [3.05, 3.63) is 35.4 Å². The lowest BCUT2D eigenvalue weighted by Gasteiger charge is -2.26. The van der Waals surface area contributed by atoms with Gasteiger partial charge < -0.3 is 5.73 Å². The first kappa shape index (κ1) is 15.0. The third-order valence-corrected chi connectivity index (χ3v) is 3.00. The number of nitrogens with two attached hydrogens (primary N) is 1. The van der Waals surface area contributed by atoms with E-state index < -0.39 is 11.6 Å². The Labute approximate surface area is 112 Å². The zero-order chi connectivity index (χ0) is 13.7. The fourth-order valence-corrected chi connectivity index (χ4v) is 1.75. The minimum Gasteiger partial charge on any atom is -0.393 e. The summed E-state index contributed by atoms with van der Waals surface area (Å²) < 4.78 is 27.1. The van der Waals surface area contributed by atoms with Crippen molar-refractivity contribution >= 4 is 17.2 Å². The molecule has 2 nitrogen and oxygen atoms in total. The van der Waals surface area contributed by atoms with Crippen molar-refractivity contribution in [1.82, 2.24) is 4.90 Å². The predicted octanol–water partition coefficient (Wildman–Crippen LogP) is 2.85. The molecule has 0 aliphatic rings. The molecule has 5 heteroatoms. The highest BCUT2D eigenvalue weighted by Gasteiger charge is 2.15. The van der Waals surface area contributed by atoms with E-state index in [0.29, 0.717) is 18.0 Å². The van der Waals surface area contributed by atoms with Gasteiger partial charge in [0.15, 0.2) is 0 Å². The van der Waals surface area contributed by atoms with Gasteiger partial charge in [-0.05, 0) is 26.0 Å². The number of hydrogen-bond donors (Lipinski definition) is 1. The van der Waals surface area contributed by atoms with Gasteiger partial charge in [0.25, 0.3) is 0 Å². The largest absolute Gasteiger partial charge is 0.393 e. The molecule has 0 fully saturated rings. The molecule has 18 heavy (non-hydrogen) atoms. The minimum absolute atomic E-state index is 0.0918. The first-order valence-corrected chi connectivity index (χ1v) is 6.28. The molecular weight excluding hydrogens is 254 g/mol. The van der Waals surface area contributed by atoms with Crippen LogP contribution in [0.25, 0.3) is 0 Å². The van der Waals surface area contributed by atoms with E-state index in [1.54, 1.807) is 0 Å². The van der Waals surface area contributed by atoms with Crippen LogP contribution in [0.3, 0.4) is 0 Å². The van der Waals surface area contributed by atoms with Crippen LogP contribution in [0.15, 0.2) is 18.2 Å². The maximum Gasteiger partial charge on any atom is 0.130 e. The van der Waals surface area contributed by atoms with Crippen molar-refractivity contribution in [2.75, 3.05) is 6.54 Å². The molecule has 100 valence electrons. The monoisotopic (exact) mass is 272 g/mol. The molecule has 0 atom stereocenters. The Morgan fingerprint density at radius 3 is 2.33 bits per heavy atom. The normalized spacial score (nSPS) is 11.2. The number of benzene rings is 1. The molecule has 0 bridgehead atoms. The van der Waals surface area contributed by atoms with Crippen molar-refractivity contribution in [2.24, 2.45) is 5.73 Å². The zero-order valence-electron chi connectivity index (χ0n) is 10.6. The van der Waals surface area contributed by atoms with E-state index in [0.717, 1.165) is 0 Å². The smallest absolute Gasteiger partial charge is 0.130 e. The molecule has 0 aromatic heterocycles. The second kappa shape index (κ2) is 6.75. The third kappa shape index (κ3) is 4.31. The summed E-state index contributed by atoms with van der Waals surface area (Å²) in [6.07, 6.45) is 0.545. The molecule has 2 N–H and O–H groups in total. The summed E-state index contributed by atoms with van der Waals surface area (Å²) in [4.78, 5) is 2.36. The SMILES string of the molecule is CC(C)N(CCC(N)=S)Cc1c(F)cccc1F. The molecule has 0 unspecified atom stereocenters. The van der Waals surface area contributed by atoms with Crippen LogP contribution in [0.1, 0.15) is 25.8 Å². The van der Waals surface area contributed by atoms with E-state index >= 15 is 0 Å². The molecule has 0 saturated heterocycles. The summed E-state index contributed by atoms with van der Waals surface area (Å²) in [5.74, 6) is -1.04. The number of hydrogen-bond acceptors (Lipinski definition) is 2. The summed E-state index contributed by atoms with van der Waals surface area (Å²) in [7, 11) is 0. The lowest BCUT2D eigenvalue weighted by atomic mass is 10.1. The number of thiocarbonyl (C=S) groups is 1. The van der Waals surface area contributed by atoms with Gasteiger partial charge in [0.1, 0.15) is 11.6 Å². The Balaban J connectivity index is 2.80. The van der Waals surface area contributed by atoms with Gasteiger partial charge in [0.2, 0.25) is 0 Å². The molecule has 0 heterocycles. The quantitative estimate of drug-likeness (QED) is 0.807. The van der Waals surface area contributed by atoms with Crippen LogP contribution in [0.5, 0.6) is 0 Å². The molecule has 1 aromatic rings. The third-order valence-electron chi connectivity index (χ3n) is 2.80. The summed E-state index contributed by atoms with van der Waals surface area (Å²) in [6, 6.07) is 4.07. The van der Waals surface area contributed by atoms with Crippen LogP contribution >= 0.6 is 12.2 Å². The van der Waals surface area contributed by atoms with E-state index in [9.17, 15) is 8.78 Å². The van der Waals surface area contributed by atoms with E-state index in [1.165, 1.54) is 18.2 Å². The Hall–Kier alpha value is -1.07. The first-order valence-electron chi connectivity index (χ1n) is 5.87. The van der Waals surface area contributed by atoms with Gasteiger partial charge in [-0.15, -0.1) is 0 Å². The molecule has 1 rings (SSSR count). The standard InChI is InChI=1S/C13H18F2N2S/c1-9(2)17(7-6-13(16)18)8-10-11(14)4-3-5-12(10)15/h3-5,9H,6-8H2,1-2H3,(H2,16,18). The molecule has 0 amide bonds. The van der Waals surface area contributed by atoms with Crippen molar-refractivity contribution in [1.29, 1.82) is 0 Å². The van der Waals surface area contributed by atoms with Gasteiger partial charge >= 0.3 is 0 Å². The van der Waals surface area contributed by atoms with Crippen LogP contribution in [-0.2, 0) is 6.54 Å². The van der Waals surface area contributed by atoms with Crippen molar-refractivity contribution in [2.45, 2.75) is 32.9 Å². The number of rotatable bonds is 6. The summed E-state index contributed by atoms with van der Waals surface area (Å²) >= 11 is 4.82. The van der Waals surface area contributed by atoms with Crippen molar-refractivity contribution in [3.63, 3.8) is 0 Å². The Bertz CT molecular complexity index is 401. The average Bonchev–Trinajstić information content (AvgIpc) is 2.26. The van der Waals surface area contributed by atoms with E-state index in [-0.39, 0.29) is 18.2 Å². The molecule has 0 saturated carbocycles. The zero-order valence-corrected chi connectivity index (χ0v) is 11.4. The summed E-state index contributed by atoms with van der Waals surface area (Å²) in [6.45, 7) is 4.76. The van der Waals surface area contributed by atoms with Crippen LogP contribution in [0.4, 0.5) is 8.78 Å². The predicted molar refractivity (Wildman–Crippen MR) is 73.3 cm³/mol. The lowest BCUT2D eigenvalue weighted by molar-refractivity contribution is 0.213. The number of halogens is 2. The molecule has 0 aliphatic carbocycles. The maximum absolute atomic E-state index is 13.6. The molecule has 0 spiro atoms. The second-order valence-electron chi connectivity index (χ2n) is 4.48. The Morgan fingerprint density at radius 1 is 1.33 bits per heavy atom. The first-order chi connectivity index (χ1) is 8.41. The Morgan fingerprint density at radius 2 is 1.89 bits per heavy atom. The van der Waals surface area contributed by atoms with Crippen molar-refractivity contribution < 1.29 is 8.78 Å². The highest BCUT2D eigenvalue weighted by Crippen LogP contribution is 2.16. The minimum atomic E-state index is -0.518. The van der Waals surface area contributed by atoms with Gasteiger partial charge in [0, 0.05) is 31.1 Å². The van der Waals surface area contributed by atoms with Crippen LogP contribution in [0.2, 0.25) is 0 Å². The molecule has 0 radical (unpaired) electrons. The topological polar surface area (TPSA) is 29.3 Å². The van der Waals surface area contributed by atoms with E-state index in [2.05, 4.69) is 0 Å². The van der Waals surface area contributed by atoms with Crippen molar-refractivity contribution in [3.8, 4) is 0 Å². The summed E-state index contributed by atoms with van der Waals surface area (Å²) in [5, 5.41) is 0. The molecular formula is C13H18F2N2S. The van der Waals surface area contributed by atoms with Gasteiger partial charge in [-0.1, -0.05) is 18.3 Å². The Kier molecular flexibility index (Phi) is 5.62. The average molecular weight is 272 g/mol. The number of nitrogens with zero attached hydrogens (tertiary/aromatic N) is 1. The highest BCUT2D eigenvalue weighted by atomic mass is 32.1. The van der Waals surface area contributed by atoms with Gasteiger partial charge in [-0.25, -0.2) is 8.78 Å². The van der Waals surface area contributed by atoms with Crippen LogP contribution in [0, 0.1) is 11.6 Å². The summed E-state index contributed by atoms with van der Waals surface area (Å²) in [5.41, 5.74) is 5.54. The fourth-order valence-electron chi connectivity index (χ4n) is 1.66. The maximum atomic E-state index is 13.6. The van der Waals surface area contributed by atoms with Gasteiger partial charge in [0.05, 0.1) is 4.99 Å². The van der Waals surface area contributed by atoms with Crippen LogP contribution < -0.4 is 5.73 Å². The lowest BCUT2D eigenvalue weighted by Crippen LogP contribution is -2.33. The fraction of sp³-hybridized carbons (Fsp3) is 0.462. The molecule has 1 aromatic carbocycles. The second-order valence-corrected chi connectivity index (χ2v) is 5.01. The van der Waals surface area contributed by atoms with E-state index in [4.69, 9.17) is 18.0 Å². The highest BCUT2D eigenvalue weighted by molar-refractivity contribution is 7.80. The van der Waals surface area contributed by atoms with E-state index in [1.807, 2.05) is 18.7 Å². The van der Waals surface area contributed by atoms with Crippen LogP contribution in [-0.4, -0.2) is 22.5 Å². The molecule has 0 aliphatic heterocycles. The van der Waals surface area contributed by atoms with Gasteiger partial charge in [-0.2, -0.15) is 0 Å².